The fourth-order valence-corrected chi connectivity index (χ4v) is 6.39. The van der Waals surface area contributed by atoms with Gasteiger partial charge in [0, 0.05) is 6.42 Å². The van der Waals surface area contributed by atoms with E-state index in [1.807, 2.05) is 0 Å². The number of benzene rings is 5. The van der Waals surface area contributed by atoms with Crippen molar-refractivity contribution in [1.29, 1.82) is 0 Å². The van der Waals surface area contributed by atoms with Gasteiger partial charge in [0.1, 0.15) is 6.61 Å². The Bertz CT molecular complexity index is 1580. The van der Waals surface area contributed by atoms with Gasteiger partial charge in [-0.1, -0.05) is 138 Å². The van der Waals surface area contributed by atoms with Crippen molar-refractivity contribution in [2.75, 3.05) is 13.7 Å². The topological polar surface area (TPSA) is 2.70 Å². The molecule has 2 heteroatoms. The van der Waals surface area contributed by atoms with Gasteiger partial charge < -0.3 is 4.28 Å². The molecule has 6 rings (SSSR count). The van der Waals surface area contributed by atoms with Crippen molar-refractivity contribution in [2.45, 2.75) is 20.3 Å². The highest BCUT2D eigenvalue weighted by Gasteiger charge is 2.49. The molecule has 0 saturated heterocycles. The molecule has 0 N–H and O–H groups in total. The SMILES string of the molecule is Cc1ccc(C2=C(c3ccc4ccccc4c3)[B-](c3ccccc3)(c3ccc(C)cc3)[O+](C)CC2)cc1. The van der Waals surface area contributed by atoms with Gasteiger partial charge in [-0.3, -0.25) is 0 Å². The number of hydrogen-bond donors (Lipinski definition) is 0. The van der Waals surface area contributed by atoms with Gasteiger partial charge in [-0.05, 0) is 36.2 Å². The first-order valence-corrected chi connectivity index (χ1v) is 13.3. The quantitative estimate of drug-likeness (QED) is 0.188. The molecule has 0 spiro atoms. The zero-order valence-corrected chi connectivity index (χ0v) is 21.9. The van der Waals surface area contributed by atoms with Crippen molar-refractivity contribution in [3.8, 4) is 0 Å². The second-order valence-electron chi connectivity index (χ2n) is 10.6. The van der Waals surface area contributed by atoms with Gasteiger partial charge in [0.05, 0.1) is 7.11 Å². The molecule has 0 amide bonds. The van der Waals surface area contributed by atoms with Gasteiger partial charge in [-0.25, -0.2) is 0 Å². The van der Waals surface area contributed by atoms with Crippen molar-refractivity contribution in [1.82, 2.24) is 0 Å². The molecule has 182 valence electrons. The van der Waals surface area contributed by atoms with Crippen LogP contribution < -0.4 is 10.9 Å². The molecular formula is C35H33BO. The number of aryl methyl sites for hydroxylation is 2. The Morgan fingerprint density at radius 2 is 1.14 bits per heavy atom. The average molecular weight is 480 g/mol. The van der Waals surface area contributed by atoms with Crippen LogP contribution in [0.25, 0.3) is 21.8 Å². The Balaban J connectivity index is 1.75. The Hall–Kier alpha value is -3.88. The molecule has 0 radical (unpaired) electrons. The third-order valence-electron chi connectivity index (χ3n) is 8.29. The highest BCUT2D eigenvalue weighted by molar-refractivity contribution is 7.12. The Morgan fingerprint density at radius 3 is 1.84 bits per heavy atom. The van der Waals surface area contributed by atoms with E-state index in [2.05, 4.69) is 147 Å². The van der Waals surface area contributed by atoms with Crippen LogP contribution in [0, 0.1) is 13.8 Å². The first-order chi connectivity index (χ1) is 18.1. The van der Waals surface area contributed by atoms with Crippen molar-refractivity contribution in [2.24, 2.45) is 0 Å². The zero-order chi connectivity index (χ0) is 25.4. The van der Waals surface area contributed by atoms with Crippen LogP contribution in [0.1, 0.15) is 28.7 Å². The molecule has 5 aromatic carbocycles. The van der Waals surface area contributed by atoms with Gasteiger partial charge in [-0.2, -0.15) is 0 Å². The minimum absolute atomic E-state index is 0.920. The van der Waals surface area contributed by atoms with Gasteiger partial charge in [0.2, 0.25) is 0 Å². The van der Waals surface area contributed by atoms with E-state index in [0.717, 1.165) is 13.0 Å². The molecule has 1 aliphatic rings. The number of hydrogen-bond acceptors (Lipinski definition) is 0. The maximum absolute atomic E-state index is 3.69. The lowest BCUT2D eigenvalue weighted by molar-refractivity contribution is 0.0582. The number of rotatable bonds is 4. The molecule has 0 saturated carbocycles. The average Bonchev–Trinajstić information content (AvgIpc) is 2.94. The maximum Gasteiger partial charge on any atom is 0.377 e. The predicted octanol–water partition coefficient (Wildman–Crippen LogP) is 7.25. The Kier molecular flexibility index (Phi) is 6.06. The zero-order valence-electron chi connectivity index (χ0n) is 21.9. The van der Waals surface area contributed by atoms with E-state index in [0.29, 0.717) is 0 Å². The van der Waals surface area contributed by atoms with Crippen LogP contribution in [0.5, 0.6) is 0 Å². The van der Waals surface area contributed by atoms with Crippen LogP contribution in [0.4, 0.5) is 0 Å². The monoisotopic (exact) mass is 480 g/mol. The van der Waals surface area contributed by atoms with E-state index < -0.39 is 6.35 Å². The largest absolute Gasteiger partial charge is 0.662 e. The van der Waals surface area contributed by atoms with E-state index in [1.165, 1.54) is 55.0 Å². The summed E-state index contributed by atoms with van der Waals surface area (Å²) in [7, 11) is 2.24. The predicted molar refractivity (Wildman–Crippen MR) is 161 cm³/mol. The summed E-state index contributed by atoms with van der Waals surface area (Å²) < 4.78 is 3.69. The van der Waals surface area contributed by atoms with Gasteiger partial charge in [-0.15, -0.1) is 16.4 Å². The molecule has 1 atom stereocenters. The third kappa shape index (κ3) is 4.02. The highest BCUT2D eigenvalue weighted by atomic mass is 16.6. The van der Waals surface area contributed by atoms with Crippen LogP contribution in [0.15, 0.2) is 121 Å². The van der Waals surface area contributed by atoms with Crippen LogP contribution in [-0.4, -0.2) is 20.1 Å². The van der Waals surface area contributed by atoms with Crippen molar-refractivity contribution in [3.63, 3.8) is 0 Å². The van der Waals surface area contributed by atoms with Crippen LogP contribution in [-0.2, 0) is 4.28 Å². The molecule has 0 aromatic heterocycles. The normalized spacial score (nSPS) is 18.4. The fourth-order valence-electron chi connectivity index (χ4n) is 6.39. The lowest BCUT2D eigenvalue weighted by Gasteiger charge is -2.52. The van der Waals surface area contributed by atoms with Crippen LogP contribution in [0.2, 0.25) is 0 Å². The molecule has 0 bridgehead atoms. The summed E-state index contributed by atoms with van der Waals surface area (Å²) in [6, 6.07) is 45.1. The lowest BCUT2D eigenvalue weighted by atomic mass is 9.25. The molecule has 0 aliphatic carbocycles. The van der Waals surface area contributed by atoms with E-state index in [9.17, 15) is 0 Å². The van der Waals surface area contributed by atoms with Crippen molar-refractivity contribution in [3.05, 3.63) is 144 Å². The third-order valence-corrected chi connectivity index (χ3v) is 8.29. The summed E-state index contributed by atoms with van der Waals surface area (Å²) in [6.45, 7) is 5.25. The first kappa shape index (κ1) is 23.5. The fraction of sp³-hybridized carbons (Fsp3) is 0.143. The molecule has 5 aromatic rings. The summed E-state index contributed by atoms with van der Waals surface area (Å²) in [4.78, 5) is 0. The van der Waals surface area contributed by atoms with Gasteiger partial charge in [0.15, 0.2) is 0 Å². The molecule has 1 unspecified atom stereocenters. The minimum atomic E-state index is -1.47. The van der Waals surface area contributed by atoms with E-state index >= 15 is 0 Å². The molecule has 37 heavy (non-hydrogen) atoms. The standard InChI is InChI=1S/C35H33BO/c1-26-13-17-29(18-14-26)34-23-24-37(3)36(32-11-5-4-6-12-32,33-21-15-27(2)16-22-33)35(34)31-20-19-28-9-7-8-10-30(28)25-31/h4-22,25H,23-24H2,1-3H3. The molecule has 1 aliphatic heterocycles. The summed E-state index contributed by atoms with van der Waals surface area (Å²) in [6.07, 6.45) is -0.488. The molecular weight excluding hydrogens is 447 g/mol. The van der Waals surface area contributed by atoms with Crippen molar-refractivity contribution < 1.29 is 4.28 Å². The minimum Gasteiger partial charge on any atom is -0.662 e. The molecule has 0 fully saturated rings. The van der Waals surface area contributed by atoms with Gasteiger partial charge in [0.25, 0.3) is 0 Å². The molecule has 1 nitrogen and oxygen atoms in total. The molecule has 1 heterocycles. The first-order valence-electron chi connectivity index (χ1n) is 13.3. The highest BCUT2D eigenvalue weighted by Crippen LogP contribution is 2.43. The second-order valence-corrected chi connectivity index (χ2v) is 10.6. The maximum atomic E-state index is 3.69. The van der Waals surface area contributed by atoms with E-state index in [1.54, 1.807) is 0 Å². The second kappa shape index (κ2) is 9.54. The summed E-state index contributed by atoms with van der Waals surface area (Å²) in [5.41, 5.74) is 10.7. The lowest BCUT2D eigenvalue weighted by Crippen LogP contribution is -2.68. The van der Waals surface area contributed by atoms with Gasteiger partial charge >= 0.3 is 6.35 Å². The van der Waals surface area contributed by atoms with Crippen molar-refractivity contribution >= 4 is 39.1 Å². The summed E-state index contributed by atoms with van der Waals surface area (Å²) in [5.74, 6) is 0. The Morgan fingerprint density at radius 1 is 0.568 bits per heavy atom. The number of fused-ring (bicyclic) bond motifs is 1. The summed E-state index contributed by atoms with van der Waals surface area (Å²) in [5, 5.41) is 2.55. The summed E-state index contributed by atoms with van der Waals surface area (Å²) >= 11 is 0. The Labute approximate surface area is 220 Å². The van der Waals surface area contributed by atoms with E-state index in [-0.39, 0.29) is 0 Å². The van der Waals surface area contributed by atoms with Crippen LogP contribution in [0.3, 0.4) is 0 Å². The van der Waals surface area contributed by atoms with E-state index in [4.69, 9.17) is 0 Å². The smallest absolute Gasteiger partial charge is 0.377 e. The van der Waals surface area contributed by atoms with Crippen LogP contribution >= 0.6 is 0 Å².